The number of aryl methyl sites for hydroxylation is 2. The third-order valence-electron chi connectivity index (χ3n) is 5.70. The Labute approximate surface area is 190 Å². The van der Waals surface area contributed by atoms with Crippen molar-refractivity contribution in [3.8, 4) is 0 Å². The van der Waals surface area contributed by atoms with Crippen LogP contribution in [0.4, 0.5) is 10.8 Å². The van der Waals surface area contributed by atoms with Crippen LogP contribution in [0, 0.1) is 6.92 Å². The van der Waals surface area contributed by atoms with Crippen LogP contribution in [0.15, 0.2) is 65.7 Å². The van der Waals surface area contributed by atoms with Crippen molar-refractivity contribution in [2.24, 2.45) is 0 Å². The van der Waals surface area contributed by atoms with Crippen LogP contribution in [-0.2, 0) is 12.8 Å². The van der Waals surface area contributed by atoms with Gasteiger partial charge in [-0.3, -0.25) is 9.78 Å². The number of hydrogen-bond donors (Lipinski definition) is 2. The summed E-state index contributed by atoms with van der Waals surface area (Å²) in [5, 5.41) is 7.59. The zero-order valence-electron chi connectivity index (χ0n) is 17.8. The van der Waals surface area contributed by atoms with Gasteiger partial charge in [0.05, 0.1) is 12.3 Å². The van der Waals surface area contributed by atoms with Crippen LogP contribution in [0.1, 0.15) is 56.6 Å². The Morgan fingerprint density at radius 1 is 1.16 bits per heavy atom. The maximum Gasteiger partial charge on any atom is 0.291 e. The van der Waals surface area contributed by atoms with E-state index in [0.717, 1.165) is 46.8 Å². The van der Waals surface area contributed by atoms with E-state index in [9.17, 15) is 4.79 Å². The average molecular weight is 445 g/mol. The second kappa shape index (κ2) is 8.96. The standard InChI is InChI=1S/C25H24N4O2S/c1-16-10-12-27-21(14-16)28-23(17-6-4-11-26-15-17)22-18-7-2-3-9-20(18)32-25(22)29-24(30)19-8-5-13-31-19/h4-6,8,10-15,23H,2-3,7,9H2,1H3,(H,27,28)(H,29,30)/t23-/m1/s1. The van der Waals surface area contributed by atoms with Gasteiger partial charge in [-0.25, -0.2) is 4.98 Å². The number of hydrogen-bond acceptors (Lipinski definition) is 6. The fourth-order valence-corrected chi connectivity index (χ4v) is 5.52. The van der Waals surface area contributed by atoms with Gasteiger partial charge in [-0.2, -0.15) is 0 Å². The van der Waals surface area contributed by atoms with Crippen LogP contribution in [0.2, 0.25) is 0 Å². The highest BCUT2D eigenvalue weighted by atomic mass is 32.1. The van der Waals surface area contributed by atoms with Crippen LogP contribution < -0.4 is 10.6 Å². The summed E-state index contributed by atoms with van der Waals surface area (Å²) < 4.78 is 5.32. The van der Waals surface area contributed by atoms with E-state index >= 15 is 0 Å². The zero-order chi connectivity index (χ0) is 21.9. The topological polar surface area (TPSA) is 80.0 Å². The van der Waals surface area contributed by atoms with Crippen molar-refractivity contribution in [3.63, 3.8) is 0 Å². The summed E-state index contributed by atoms with van der Waals surface area (Å²) in [6, 6.07) is 11.2. The molecule has 32 heavy (non-hydrogen) atoms. The van der Waals surface area contributed by atoms with Crippen molar-refractivity contribution >= 4 is 28.1 Å². The normalized spacial score (nSPS) is 13.9. The lowest BCUT2D eigenvalue weighted by atomic mass is 9.90. The van der Waals surface area contributed by atoms with E-state index < -0.39 is 0 Å². The molecule has 4 heterocycles. The van der Waals surface area contributed by atoms with E-state index in [1.807, 2.05) is 31.3 Å². The third kappa shape index (κ3) is 4.16. The van der Waals surface area contributed by atoms with Crippen LogP contribution in [0.5, 0.6) is 0 Å². The minimum Gasteiger partial charge on any atom is -0.459 e. The molecule has 1 amide bonds. The highest BCUT2D eigenvalue weighted by Crippen LogP contribution is 2.44. The number of nitrogens with zero attached hydrogens (tertiary/aromatic N) is 2. The van der Waals surface area contributed by atoms with Crippen LogP contribution in [0.3, 0.4) is 0 Å². The molecule has 2 N–H and O–H groups in total. The van der Waals surface area contributed by atoms with Crippen molar-refractivity contribution in [2.45, 2.75) is 38.6 Å². The van der Waals surface area contributed by atoms with E-state index in [1.165, 1.54) is 23.1 Å². The summed E-state index contributed by atoms with van der Waals surface area (Å²) >= 11 is 1.67. The number of carbonyl (C=O) groups excluding carboxylic acids is 1. The molecule has 1 aliphatic rings. The number of anilines is 2. The predicted molar refractivity (Wildman–Crippen MR) is 126 cm³/mol. The number of nitrogens with one attached hydrogen (secondary N) is 2. The maximum atomic E-state index is 12.9. The molecule has 1 aliphatic carbocycles. The SMILES string of the molecule is Cc1ccnc(N[C@H](c2cccnc2)c2c(NC(=O)c3ccco3)sc3c2CCCC3)c1. The van der Waals surface area contributed by atoms with Gasteiger partial charge < -0.3 is 15.1 Å². The lowest BCUT2D eigenvalue weighted by molar-refractivity contribution is 0.0997. The molecule has 0 aromatic carbocycles. The van der Waals surface area contributed by atoms with Crippen molar-refractivity contribution < 1.29 is 9.21 Å². The van der Waals surface area contributed by atoms with E-state index in [0.29, 0.717) is 5.76 Å². The minimum atomic E-state index is -0.242. The molecule has 0 spiro atoms. The fourth-order valence-electron chi connectivity index (χ4n) is 4.19. The second-order valence-corrected chi connectivity index (χ2v) is 9.07. The van der Waals surface area contributed by atoms with E-state index in [2.05, 4.69) is 26.7 Å². The number of furan rings is 1. The Hall–Kier alpha value is -3.45. The van der Waals surface area contributed by atoms with E-state index in [1.54, 1.807) is 35.9 Å². The number of thiophene rings is 1. The molecule has 7 heteroatoms. The summed E-state index contributed by atoms with van der Waals surface area (Å²) in [5.41, 5.74) is 4.58. The van der Waals surface area contributed by atoms with Gasteiger partial charge >= 0.3 is 0 Å². The first-order valence-corrected chi connectivity index (χ1v) is 11.6. The molecule has 0 saturated carbocycles. The minimum absolute atomic E-state index is 0.192. The summed E-state index contributed by atoms with van der Waals surface area (Å²) in [6.07, 6.45) is 11.3. The van der Waals surface area contributed by atoms with Crippen LogP contribution in [-0.4, -0.2) is 15.9 Å². The van der Waals surface area contributed by atoms with Crippen molar-refractivity contribution in [1.82, 2.24) is 9.97 Å². The molecule has 0 unspecified atom stereocenters. The number of pyridine rings is 2. The molecule has 4 aromatic heterocycles. The Balaban J connectivity index is 1.61. The quantitative estimate of drug-likeness (QED) is 0.394. The Bertz CT molecular complexity index is 1220. The van der Waals surface area contributed by atoms with Gasteiger partial charge in [-0.05, 0) is 79.6 Å². The molecule has 1 atom stereocenters. The molecule has 0 saturated heterocycles. The lowest BCUT2D eigenvalue weighted by Gasteiger charge is -2.24. The molecule has 0 radical (unpaired) electrons. The van der Waals surface area contributed by atoms with E-state index in [-0.39, 0.29) is 11.9 Å². The first kappa shape index (κ1) is 20.5. The van der Waals surface area contributed by atoms with Gasteiger partial charge in [0.15, 0.2) is 5.76 Å². The van der Waals surface area contributed by atoms with Gasteiger partial charge in [0.2, 0.25) is 0 Å². The molecule has 0 bridgehead atoms. The fraction of sp³-hybridized carbons (Fsp3) is 0.240. The Morgan fingerprint density at radius 2 is 2.06 bits per heavy atom. The largest absolute Gasteiger partial charge is 0.459 e. The molecule has 0 fully saturated rings. The highest BCUT2D eigenvalue weighted by molar-refractivity contribution is 7.16. The molecular weight excluding hydrogens is 420 g/mol. The van der Waals surface area contributed by atoms with Crippen LogP contribution in [0.25, 0.3) is 0 Å². The van der Waals surface area contributed by atoms with Gasteiger partial charge in [-0.1, -0.05) is 6.07 Å². The molecule has 5 rings (SSSR count). The zero-order valence-corrected chi connectivity index (χ0v) is 18.6. The molecule has 4 aromatic rings. The second-order valence-electron chi connectivity index (χ2n) is 7.97. The van der Waals surface area contributed by atoms with Crippen LogP contribution >= 0.6 is 11.3 Å². The first-order chi connectivity index (χ1) is 15.7. The number of carbonyl (C=O) groups is 1. The summed E-state index contributed by atoms with van der Waals surface area (Å²) in [5.74, 6) is 0.847. The third-order valence-corrected chi connectivity index (χ3v) is 6.92. The maximum absolute atomic E-state index is 12.9. The smallest absolute Gasteiger partial charge is 0.291 e. The van der Waals surface area contributed by atoms with Gasteiger partial charge in [0.25, 0.3) is 5.91 Å². The first-order valence-electron chi connectivity index (χ1n) is 10.8. The number of amides is 1. The van der Waals surface area contributed by atoms with E-state index in [4.69, 9.17) is 4.42 Å². The monoisotopic (exact) mass is 444 g/mol. The summed E-state index contributed by atoms with van der Waals surface area (Å²) in [4.78, 5) is 23.1. The summed E-state index contributed by atoms with van der Waals surface area (Å²) in [7, 11) is 0. The molecule has 162 valence electrons. The van der Waals surface area contributed by atoms with Gasteiger partial charge in [0.1, 0.15) is 10.8 Å². The Kier molecular flexibility index (Phi) is 5.73. The molecule has 6 nitrogen and oxygen atoms in total. The molecule has 0 aliphatic heterocycles. The average Bonchev–Trinajstić information content (AvgIpc) is 3.46. The number of fused-ring (bicyclic) bond motifs is 1. The van der Waals surface area contributed by atoms with Crippen molar-refractivity contribution in [2.75, 3.05) is 10.6 Å². The number of aromatic nitrogens is 2. The highest BCUT2D eigenvalue weighted by Gasteiger charge is 2.29. The predicted octanol–water partition coefficient (Wildman–Crippen LogP) is 5.77. The lowest BCUT2D eigenvalue weighted by Crippen LogP contribution is -2.19. The van der Waals surface area contributed by atoms with Gasteiger partial charge in [0, 0.05) is 29.0 Å². The summed E-state index contributed by atoms with van der Waals surface area (Å²) in [6.45, 7) is 2.05. The van der Waals surface area contributed by atoms with Crippen molar-refractivity contribution in [1.29, 1.82) is 0 Å². The van der Waals surface area contributed by atoms with Crippen molar-refractivity contribution in [3.05, 3.63) is 94.1 Å². The number of rotatable bonds is 6. The Morgan fingerprint density at radius 3 is 2.84 bits per heavy atom. The molecular formula is C25H24N4O2S. The van der Waals surface area contributed by atoms with Gasteiger partial charge in [-0.15, -0.1) is 11.3 Å².